The number of anilines is 2. The number of nitrogens with one attached hydrogen (secondary N) is 1. The van der Waals surface area contributed by atoms with Crippen LogP contribution < -0.4 is 10.2 Å². The molecular formula is C23H16N2O5. The van der Waals surface area contributed by atoms with Crippen LogP contribution in [0.1, 0.15) is 47.0 Å². The number of carboxylic acids is 1. The van der Waals surface area contributed by atoms with Gasteiger partial charge >= 0.3 is 5.97 Å². The van der Waals surface area contributed by atoms with Gasteiger partial charge in [0.2, 0.25) is 0 Å². The van der Waals surface area contributed by atoms with Crippen LogP contribution in [0, 0.1) is 6.92 Å². The molecule has 0 unspecified atom stereocenters. The van der Waals surface area contributed by atoms with Gasteiger partial charge in [-0.2, -0.15) is 0 Å². The SMILES string of the molecule is Cc1cccc(N2C(=O)c3ccc(C(=O)Nc4ccc(C(=O)O)cc4)cc3C2=O)c1. The van der Waals surface area contributed by atoms with Gasteiger partial charge in [-0.15, -0.1) is 0 Å². The number of aryl methyl sites for hydroxylation is 1. The van der Waals surface area contributed by atoms with Gasteiger partial charge in [-0.1, -0.05) is 12.1 Å². The quantitative estimate of drug-likeness (QED) is 0.649. The Morgan fingerprint density at radius 2 is 1.50 bits per heavy atom. The maximum atomic E-state index is 12.9. The Morgan fingerprint density at radius 3 is 2.17 bits per heavy atom. The molecule has 3 amide bonds. The zero-order valence-electron chi connectivity index (χ0n) is 15.9. The minimum atomic E-state index is -1.06. The number of amides is 3. The van der Waals surface area contributed by atoms with Crippen LogP contribution in [0.5, 0.6) is 0 Å². The molecule has 0 bridgehead atoms. The predicted octanol–water partition coefficient (Wildman–Crippen LogP) is 3.75. The van der Waals surface area contributed by atoms with Crippen LogP contribution in [0.3, 0.4) is 0 Å². The van der Waals surface area contributed by atoms with E-state index in [4.69, 9.17) is 5.11 Å². The summed E-state index contributed by atoms with van der Waals surface area (Å²) in [5.41, 5.74) is 2.52. The largest absolute Gasteiger partial charge is 0.478 e. The van der Waals surface area contributed by atoms with Crippen LogP contribution in [0.15, 0.2) is 66.7 Å². The molecule has 3 aromatic rings. The minimum absolute atomic E-state index is 0.103. The molecule has 7 heteroatoms. The number of aromatic carboxylic acids is 1. The highest BCUT2D eigenvalue weighted by atomic mass is 16.4. The van der Waals surface area contributed by atoms with E-state index < -0.39 is 23.7 Å². The van der Waals surface area contributed by atoms with Gasteiger partial charge in [0.05, 0.1) is 22.4 Å². The topological polar surface area (TPSA) is 104 Å². The number of carboxylic acid groups (broad SMARTS) is 1. The van der Waals surface area contributed by atoms with Gasteiger partial charge in [0.15, 0.2) is 0 Å². The van der Waals surface area contributed by atoms with E-state index in [-0.39, 0.29) is 22.3 Å². The van der Waals surface area contributed by atoms with E-state index in [0.717, 1.165) is 10.5 Å². The highest BCUT2D eigenvalue weighted by molar-refractivity contribution is 6.34. The summed E-state index contributed by atoms with van der Waals surface area (Å²) in [7, 11) is 0. The van der Waals surface area contributed by atoms with Crippen LogP contribution >= 0.6 is 0 Å². The monoisotopic (exact) mass is 400 g/mol. The molecule has 0 atom stereocenters. The van der Waals surface area contributed by atoms with Crippen LogP contribution in [0.2, 0.25) is 0 Å². The molecule has 0 aromatic heterocycles. The van der Waals surface area contributed by atoms with E-state index >= 15 is 0 Å². The zero-order valence-corrected chi connectivity index (χ0v) is 15.9. The highest BCUT2D eigenvalue weighted by Crippen LogP contribution is 2.29. The summed E-state index contributed by atoms with van der Waals surface area (Å²) in [6, 6.07) is 17.1. The molecule has 4 rings (SSSR count). The van der Waals surface area contributed by atoms with Gasteiger partial charge in [-0.25, -0.2) is 9.69 Å². The Balaban J connectivity index is 1.59. The number of rotatable bonds is 4. The lowest BCUT2D eigenvalue weighted by Gasteiger charge is -2.14. The predicted molar refractivity (Wildman–Crippen MR) is 110 cm³/mol. The molecular weight excluding hydrogens is 384 g/mol. The summed E-state index contributed by atoms with van der Waals surface area (Å²) in [5.74, 6) is -2.46. The molecule has 1 aliphatic rings. The van der Waals surface area contributed by atoms with Crippen molar-refractivity contribution in [1.82, 2.24) is 0 Å². The Labute approximate surface area is 171 Å². The Morgan fingerprint density at radius 1 is 0.833 bits per heavy atom. The molecule has 1 aliphatic heterocycles. The van der Waals surface area contributed by atoms with Gasteiger partial charge < -0.3 is 10.4 Å². The number of hydrogen-bond donors (Lipinski definition) is 2. The molecule has 1 heterocycles. The fraction of sp³-hybridized carbons (Fsp3) is 0.0435. The Kier molecular flexibility index (Phi) is 4.63. The van der Waals surface area contributed by atoms with E-state index in [0.29, 0.717) is 11.4 Å². The van der Waals surface area contributed by atoms with Crippen molar-refractivity contribution in [3.63, 3.8) is 0 Å². The first-order valence-electron chi connectivity index (χ1n) is 9.09. The Hall–Kier alpha value is -4.26. The molecule has 0 saturated heterocycles. The normalized spacial score (nSPS) is 12.6. The van der Waals surface area contributed by atoms with Crippen molar-refractivity contribution >= 4 is 35.1 Å². The molecule has 0 radical (unpaired) electrons. The third-order valence-electron chi connectivity index (χ3n) is 4.80. The summed E-state index contributed by atoms with van der Waals surface area (Å²) in [4.78, 5) is 50.2. The van der Waals surface area contributed by atoms with Gasteiger partial charge in [-0.05, 0) is 67.1 Å². The molecule has 0 aliphatic carbocycles. The fourth-order valence-electron chi connectivity index (χ4n) is 3.28. The lowest BCUT2D eigenvalue weighted by Crippen LogP contribution is -2.29. The molecule has 7 nitrogen and oxygen atoms in total. The third kappa shape index (κ3) is 3.33. The molecule has 0 fully saturated rings. The molecule has 30 heavy (non-hydrogen) atoms. The van der Waals surface area contributed by atoms with E-state index in [1.54, 1.807) is 18.2 Å². The van der Waals surface area contributed by atoms with E-state index in [2.05, 4.69) is 5.32 Å². The maximum absolute atomic E-state index is 12.9. The van der Waals surface area contributed by atoms with Gasteiger partial charge in [0, 0.05) is 11.3 Å². The van der Waals surface area contributed by atoms with Gasteiger partial charge in [0.1, 0.15) is 0 Å². The maximum Gasteiger partial charge on any atom is 0.335 e. The smallest absolute Gasteiger partial charge is 0.335 e. The number of nitrogens with zero attached hydrogens (tertiary/aromatic N) is 1. The number of fused-ring (bicyclic) bond motifs is 1. The van der Waals surface area contributed by atoms with Crippen LogP contribution in [0.25, 0.3) is 0 Å². The zero-order chi connectivity index (χ0) is 21.4. The first kappa shape index (κ1) is 19.1. The summed E-state index contributed by atoms with van der Waals surface area (Å²) >= 11 is 0. The summed E-state index contributed by atoms with van der Waals surface area (Å²) < 4.78 is 0. The van der Waals surface area contributed by atoms with Crippen LogP contribution in [0.4, 0.5) is 11.4 Å². The van der Waals surface area contributed by atoms with Crippen molar-refractivity contribution in [2.24, 2.45) is 0 Å². The second kappa shape index (κ2) is 7.29. The summed E-state index contributed by atoms with van der Waals surface area (Å²) in [6.07, 6.45) is 0. The van der Waals surface area contributed by atoms with Crippen molar-refractivity contribution in [2.75, 3.05) is 10.2 Å². The molecule has 0 saturated carbocycles. The molecule has 2 N–H and O–H groups in total. The number of hydrogen-bond acceptors (Lipinski definition) is 4. The summed E-state index contributed by atoms with van der Waals surface area (Å²) in [6.45, 7) is 1.87. The van der Waals surface area contributed by atoms with Crippen molar-refractivity contribution in [3.8, 4) is 0 Å². The third-order valence-corrected chi connectivity index (χ3v) is 4.80. The highest BCUT2D eigenvalue weighted by Gasteiger charge is 2.37. The first-order chi connectivity index (χ1) is 14.3. The fourth-order valence-corrected chi connectivity index (χ4v) is 3.28. The standard InChI is InChI=1S/C23H16N2O5/c1-13-3-2-4-17(11-13)25-21(27)18-10-7-15(12-19(18)22(25)28)20(26)24-16-8-5-14(6-9-16)23(29)30/h2-12H,1H3,(H,24,26)(H,29,30). The lowest BCUT2D eigenvalue weighted by atomic mass is 10.1. The number of carbonyl (C=O) groups is 4. The molecule has 0 spiro atoms. The molecule has 148 valence electrons. The lowest BCUT2D eigenvalue weighted by molar-refractivity contribution is 0.0696. The van der Waals surface area contributed by atoms with Crippen LogP contribution in [-0.2, 0) is 0 Å². The Bertz CT molecular complexity index is 1210. The van der Waals surface area contributed by atoms with Crippen molar-refractivity contribution in [2.45, 2.75) is 6.92 Å². The average Bonchev–Trinajstić information content (AvgIpc) is 2.98. The average molecular weight is 400 g/mol. The minimum Gasteiger partial charge on any atom is -0.478 e. The van der Waals surface area contributed by atoms with E-state index in [1.807, 2.05) is 13.0 Å². The van der Waals surface area contributed by atoms with Gasteiger partial charge in [-0.3, -0.25) is 14.4 Å². The second-order valence-corrected chi connectivity index (χ2v) is 6.88. The van der Waals surface area contributed by atoms with E-state index in [1.165, 1.54) is 42.5 Å². The number of imide groups is 1. The second-order valence-electron chi connectivity index (χ2n) is 6.88. The van der Waals surface area contributed by atoms with Crippen LogP contribution in [-0.4, -0.2) is 28.8 Å². The van der Waals surface area contributed by atoms with E-state index in [9.17, 15) is 19.2 Å². The van der Waals surface area contributed by atoms with Crippen molar-refractivity contribution < 1.29 is 24.3 Å². The molecule has 3 aromatic carbocycles. The van der Waals surface area contributed by atoms with Crippen molar-refractivity contribution in [1.29, 1.82) is 0 Å². The number of carbonyl (C=O) groups excluding carboxylic acids is 3. The van der Waals surface area contributed by atoms with Crippen molar-refractivity contribution in [3.05, 3.63) is 94.5 Å². The number of benzene rings is 3. The first-order valence-corrected chi connectivity index (χ1v) is 9.09. The van der Waals surface area contributed by atoms with Gasteiger partial charge in [0.25, 0.3) is 17.7 Å². The summed E-state index contributed by atoms with van der Waals surface area (Å²) in [5, 5.41) is 11.6.